The lowest BCUT2D eigenvalue weighted by Crippen LogP contribution is -2.26. The van der Waals surface area contributed by atoms with E-state index in [1.54, 1.807) is 0 Å². The largest absolute Gasteiger partial charge is 0.314 e. The molecular weight excluding hydrogens is 242 g/mol. The summed E-state index contributed by atoms with van der Waals surface area (Å²) >= 11 is 0. The summed E-state index contributed by atoms with van der Waals surface area (Å²) in [5, 5.41) is 3.46. The highest BCUT2D eigenvalue weighted by Crippen LogP contribution is 2.13. The zero-order valence-corrected chi connectivity index (χ0v) is 12.6. The van der Waals surface area contributed by atoms with Crippen LogP contribution in [-0.4, -0.2) is 22.5 Å². The molecule has 0 saturated heterocycles. The van der Waals surface area contributed by atoms with Gasteiger partial charge in [0.05, 0.1) is 10.8 Å². The van der Waals surface area contributed by atoms with Crippen LogP contribution in [0.15, 0.2) is 29.2 Å². The number of aryl methyl sites for hydroxylation is 1. The van der Waals surface area contributed by atoms with Crippen LogP contribution in [0.2, 0.25) is 0 Å². The predicted octanol–water partition coefficient (Wildman–Crippen LogP) is 3.27. The van der Waals surface area contributed by atoms with Gasteiger partial charge >= 0.3 is 0 Å². The van der Waals surface area contributed by atoms with Gasteiger partial charge in [-0.15, -0.1) is 0 Å². The van der Waals surface area contributed by atoms with E-state index >= 15 is 0 Å². The van der Waals surface area contributed by atoms with Crippen molar-refractivity contribution in [1.82, 2.24) is 5.32 Å². The molecule has 0 aromatic heterocycles. The van der Waals surface area contributed by atoms with E-state index in [-0.39, 0.29) is 0 Å². The molecule has 0 saturated carbocycles. The highest BCUT2D eigenvalue weighted by molar-refractivity contribution is 7.85. The van der Waals surface area contributed by atoms with E-state index in [0.29, 0.717) is 6.04 Å². The number of nitrogens with one attached hydrogen (secondary N) is 1. The number of hydrogen-bond donors (Lipinski definition) is 1. The van der Waals surface area contributed by atoms with Crippen molar-refractivity contribution in [2.45, 2.75) is 51.0 Å². The fourth-order valence-electron chi connectivity index (χ4n) is 1.94. The molecule has 3 heteroatoms. The normalized spacial score (nSPS) is 14.4. The highest BCUT2D eigenvalue weighted by atomic mass is 32.2. The lowest BCUT2D eigenvalue weighted by Gasteiger charge is -2.12. The van der Waals surface area contributed by atoms with E-state index in [0.717, 1.165) is 35.6 Å². The van der Waals surface area contributed by atoms with E-state index in [1.165, 1.54) is 6.42 Å². The maximum atomic E-state index is 12.2. The molecule has 18 heavy (non-hydrogen) atoms. The molecule has 2 unspecified atom stereocenters. The van der Waals surface area contributed by atoms with Crippen LogP contribution in [0, 0.1) is 6.92 Å². The second-order valence-corrected chi connectivity index (χ2v) is 6.35. The Morgan fingerprint density at radius 1 is 1.33 bits per heavy atom. The average molecular weight is 267 g/mol. The lowest BCUT2D eigenvalue weighted by atomic mass is 10.2. The van der Waals surface area contributed by atoms with Crippen LogP contribution in [0.5, 0.6) is 0 Å². The predicted molar refractivity (Wildman–Crippen MR) is 79.4 cm³/mol. The molecule has 0 amide bonds. The van der Waals surface area contributed by atoms with Gasteiger partial charge in [-0.1, -0.05) is 25.1 Å². The molecule has 0 spiro atoms. The standard InChI is InChI=1S/C15H25NOS/c1-4-11-16-14(3)9-7-12-18(17)15-10-6-5-8-13(15)2/h5-6,8,10,14,16H,4,7,9,11-12H2,1-3H3. The quantitative estimate of drug-likeness (QED) is 0.783. The summed E-state index contributed by atoms with van der Waals surface area (Å²) < 4.78 is 12.2. The Bertz CT molecular complexity index is 379. The average Bonchev–Trinajstić information content (AvgIpc) is 2.36. The van der Waals surface area contributed by atoms with E-state index in [1.807, 2.05) is 31.2 Å². The molecule has 1 N–H and O–H groups in total. The second-order valence-electron chi connectivity index (χ2n) is 4.81. The first-order valence-electron chi connectivity index (χ1n) is 6.82. The summed E-state index contributed by atoms with van der Waals surface area (Å²) in [6.07, 6.45) is 3.27. The minimum Gasteiger partial charge on any atom is -0.314 e. The lowest BCUT2D eigenvalue weighted by molar-refractivity contribution is 0.509. The van der Waals surface area contributed by atoms with Crippen LogP contribution >= 0.6 is 0 Å². The topological polar surface area (TPSA) is 29.1 Å². The Balaban J connectivity index is 2.32. The fourth-order valence-corrected chi connectivity index (χ4v) is 3.24. The molecule has 102 valence electrons. The molecule has 0 fully saturated rings. The first kappa shape index (κ1) is 15.4. The maximum absolute atomic E-state index is 12.2. The van der Waals surface area contributed by atoms with Crippen LogP contribution < -0.4 is 5.32 Å². The van der Waals surface area contributed by atoms with Crippen LogP contribution in [0.1, 0.15) is 38.7 Å². The van der Waals surface area contributed by atoms with Crippen LogP contribution in [0.3, 0.4) is 0 Å². The molecule has 2 atom stereocenters. The summed E-state index contributed by atoms with van der Waals surface area (Å²) in [5.74, 6) is 0.767. The Morgan fingerprint density at radius 2 is 2.06 bits per heavy atom. The number of rotatable bonds is 8. The molecule has 1 rings (SSSR count). The molecule has 0 heterocycles. The Hall–Kier alpha value is -0.670. The van der Waals surface area contributed by atoms with Crippen LogP contribution in [0.25, 0.3) is 0 Å². The monoisotopic (exact) mass is 267 g/mol. The van der Waals surface area contributed by atoms with Crippen molar-refractivity contribution < 1.29 is 4.21 Å². The highest BCUT2D eigenvalue weighted by Gasteiger charge is 2.07. The van der Waals surface area contributed by atoms with Crippen molar-refractivity contribution in [3.8, 4) is 0 Å². The minimum absolute atomic E-state index is 0.527. The van der Waals surface area contributed by atoms with Gasteiger partial charge in [0.1, 0.15) is 0 Å². The molecular formula is C15H25NOS. The van der Waals surface area contributed by atoms with Gasteiger partial charge in [-0.05, 0) is 51.3 Å². The minimum atomic E-state index is -0.845. The van der Waals surface area contributed by atoms with Gasteiger partial charge < -0.3 is 5.32 Å². The first-order valence-corrected chi connectivity index (χ1v) is 8.14. The van der Waals surface area contributed by atoms with Crippen LogP contribution in [-0.2, 0) is 10.8 Å². The van der Waals surface area contributed by atoms with Gasteiger partial charge in [-0.25, -0.2) is 0 Å². The van der Waals surface area contributed by atoms with E-state index in [4.69, 9.17) is 0 Å². The van der Waals surface area contributed by atoms with Gasteiger partial charge in [0, 0.05) is 16.7 Å². The fraction of sp³-hybridized carbons (Fsp3) is 0.600. The van der Waals surface area contributed by atoms with E-state index in [9.17, 15) is 4.21 Å². The van der Waals surface area contributed by atoms with Crippen molar-refractivity contribution in [3.63, 3.8) is 0 Å². The van der Waals surface area contributed by atoms with Gasteiger partial charge in [-0.3, -0.25) is 4.21 Å². The summed E-state index contributed by atoms with van der Waals surface area (Å²) in [4.78, 5) is 0.992. The molecule has 0 aliphatic carbocycles. The number of benzene rings is 1. The van der Waals surface area contributed by atoms with Crippen LogP contribution in [0.4, 0.5) is 0 Å². The van der Waals surface area contributed by atoms with Crippen molar-refractivity contribution >= 4 is 10.8 Å². The molecule has 0 aliphatic heterocycles. The smallest absolute Gasteiger partial charge is 0.0532 e. The van der Waals surface area contributed by atoms with Crippen molar-refractivity contribution in [2.75, 3.05) is 12.3 Å². The Morgan fingerprint density at radius 3 is 2.72 bits per heavy atom. The third-order valence-corrected chi connectivity index (χ3v) is 4.66. The maximum Gasteiger partial charge on any atom is 0.0532 e. The zero-order valence-electron chi connectivity index (χ0n) is 11.7. The molecule has 1 aromatic rings. The summed E-state index contributed by atoms with van der Waals surface area (Å²) in [6.45, 7) is 7.47. The van der Waals surface area contributed by atoms with Gasteiger partial charge in [0.25, 0.3) is 0 Å². The summed E-state index contributed by atoms with van der Waals surface area (Å²) in [6, 6.07) is 8.49. The number of hydrogen-bond acceptors (Lipinski definition) is 2. The molecule has 0 radical (unpaired) electrons. The third kappa shape index (κ3) is 5.32. The third-order valence-electron chi connectivity index (χ3n) is 3.05. The van der Waals surface area contributed by atoms with E-state index < -0.39 is 10.8 Å². The Labute approximate surface area is 114 Å². The molecule has 2 nitrogen and oxygen atoms in total. The molecule has 1 aromatic carbocycles. The zero-order chi connectivity index (χ0) is 13.4. The Kier molecular flexibility index (Phi) is 7.21. The van der Waals surface area contributed by atoms with Gasteiger partial charge in [-0.2, -0.15) is 0 Å². The second kappa shape index (κ2) is 8.44. The van der Waals surface area contributed by atoms with Gasteiger partial charge in [0.2, 0.25) is 0 Å². The summed E-state index contributed by atoms with van der Waals surface area (Å²) in [7, 11) is -0.845. The van der Waals surface area contributed by atoms with Gasteiger partial charge in [0.15, 0.2) is 0 Å². The van der Waals surface area contributed by atoms with Crippen molar-refractivity contribution in [2.24, 2.45) is 0 Å². The molecule has 0 bridgehead atoms. The van der Waals surface area contributed by atoms with Crippen molar-refractivity contribution in [3.05, 3.63) is 29.8 Å². The SMILES string of the molecule is CCCNC(C)CCCS(=O)c1ccccc1C. The first-order chi connectivity index (χ1) is 8.65. The van der Waals surface area contributed by atoms with Crippen molar-refractivity contribution in [1.29, 1.82) is 0 Å². The summed E-state index contributed by atoms with van der Waals surface area (Å²) in [5.41, 5.74) is 1.13. The molecule has 0 aliphatic rings. The van der Waals surface area contributed by atoms with E-state index in [2.05, 4.69) is 19.2 Å².